The molecule has 0 spiro atoms. The van der Waals surface area contributed by atoms with Crippen LogP contribution in [-0.4, -0.2) is 12.2 Å². The van der Waals surface area contributed by atoms with Gasteiger partial charge >= 0.3 is 0 Å². The first-order valence-electron chi connectivity index (χ1n) is 6.27. The molecule has 0 aromatic heterocycles. The zero-order valence-corrected chi connectivity index (χ0v) is 12.4. The fraction of sp³-hybridized carbons (Fsp3) is 0.118. The lowest BCUT2D eigenvalue weighted by Gasteiger charge is -2.11. The maximum absolute atomic E-state index is 11.4. The van der Waals surface area contributed by atoms with E-state index in [1.165, 1.54) is 0 Å². The van der Waals surface area contributed by atoms with Crippen LogP contribution >= 0.6 is 12.6 Å². The van der Waals surface area contributed by atoms with Crippen molar-refractivity contribution in [3.8, 4) is 5.75 Å². The number of methoxy groups -OCH3 is 1. The second kappa shape index (κ2) is 6.44. The third-order valence-electron chi connectivity index (χ3n) is 3.06. The van der Waals surface area contributed by atoms with Gasteiger partial charge in [-0.05, 0) is 41.3 Å². The third-order valence-corrected chi connectivity index (χ3v) is 3.19. The molecule has 0 saturated heterocycles. The van der Waals surface area contributed by atoms with Crippen molar-refractivity contribution >= 4 is 23.3 Å². The number of aryl methyl sites for hydroxylation is 1. The van der Waals surface area contributed by atoms with Crippen molar-refractivity contribution in [2.75, 3.05) is 7.11 Å². The summed E-state index contributed by atoms with van der Waals surface area (Å²) in [7, 11) is 1.65. The number of carbonyl (C=O) groups is 1. The van der Waals surface area contributed by atoms with Crippen LogP contribution in [0.15, 0.2) is 54.6 Å². The summed E-state index contributed by atoms with van der Waals surface area (Å²) in [4.78, 5) is 11.4. The highest BCUT2D eigenvalue weighted by atomic mass is 32.1. The molecule has 2 rings (SSSR count). The lowest BCUT2D eigenvalue weighted by atomic mass is 9.96. The van der Waals surface area contributed by atoms with E-state index >= 15 is 0 Å². The molecule has 2 nitrogen and oxygen atoms in total. The molecular formula is C17H16O2S. The van der Waals surface area contributed by atoms with E-state index in [-0.39, 0.29) is 5.12 Å². The number of rotatable bonds is 4. The molecule has 0 unspecified atom stereocenters. The Labute approximate surface area is 124 Å². The van der Waals surface area contributed by atoms with Crippen molar-refractivity contribution in [1.82, 2.24) is 0 Å². The molecule has 0 bridgehead atoms. The zero-order valence-electron chi connectivity index (χ0n) is 11.5. The molecule has 0 aliphatic rings. The van der Waals surface area contributed by atoms with Crippen LogP contribution in [0.25, 0.3) is 5.57 Å². The summed E-state index contributed by atoms with van der Waals surface area (Å²) in [5.74, 6) is 0.832. The van der Waals surface area contributed by atoms with E-state index in [1.807, 2.05) is 55.5 Å². The predicted octanol–water partition coefficient (Wildman–Crippen LogP) is 3.89. The van der Waals surface area contributed by atoms with Crippen LogP contribution in [0.2, 0.25) is 0 Å². The van der Waals surface area contributed by atoms with Gasteiger partial charge in [-0.15, -0.1) is 12.6 Å². The molecule has 0 atom stereocenters. The number of hydrogen-bond donors (Lipinski definition) is 1. The monoisotopic (exact) mass is 284 g/mol. The summed E-state index contributed by atoms with van der Waals surface area (Å²) in [6.07, 6.45) is 1.54. The molecule has 0 N–H and O–H groups in total. The Morgan fingerprint density at radius 2 is 1.80 bits per heavy atom. The predicted molar refractivity (Wildman–Crippen MR) is 85.2 cm³/mol. The third kappa shape index (κ3) is 3.31. The Kier molecular flexibility index (Phi) is 4.64. The fourth-order valence-corrected chi connectivity index (χ4v) is 2.25. The van der Waals surface area contributed by atoms with Gasteiger partial charge in [-0.3, -0.25) is 4.79 Å². The van der Waals surface area contributed by atoms with Gasteiger partial charge in [-0.25, -0.2) is 0 Å². The van der Waals surface area contributed by atoms with Crippen LogP contribution in [-0.2, 0) is 4.79 Å². The molecule has 0 aliphatic heterocycles. The van der Waals surface area contributed by atoms with Crippen molar-refractivity contribution in [2.24, 2.45) is 0 Å². The number of hydrogen-bond acceptors (Lipinski definition) is 2. The van der Waals surface area contributed by atoms with Crippen LogP contribution in [0.5, 0.6) is 5.75 Å². The minimum Gasteiger partial charge on any atom is -0.496 e. The number of carbonyl (C=O) groups excluding carboxylic acids is 1. The lowest BCUT2D eigenvalue weighted by molar-refractivity contribution is -0.106. The van der Waals surface area contributed by atoms with E-state index < -0.39 is 0 Å². The van der Waals surface area contributed by atoms with Gasteiger partial charge in [0.25, 0.3) is 0 Å². The van der Waals surface area contributed by atoms with Gasteiger partial charge in [-0.2, -0.15) is 0 Å². The summed E-state index contributed by atoms with van der Waals surface area (Å²) in [6.45, 7) is 1.98. The standard InChI is InChI=1S/C17H16O2S/c1-12-10-14(8-9-16(12)19-2)15(11-17(18)20)13-6-4-3-5-7-13/h3-11H,1-2H3,(H,18,20)/b15-11+. The first kappa shape index (κ1) is 14.4. The molecular weight excluding hydrogens is 268 g/mol. The Morgan fingerprint density at radius 1 is 1.10 bits per heavy atom. The van der Waals surface area contributed by atoms with Crippen molar-refractivity contribution < 1.29 is 9.53 Å². The molecule has 0 amide bonds. The van der Waals surface area contributed by atoms with E-state index in [9.17, 15) is 4.79 Å². The number of thiol groups is 1. The fourth-order valence-electron chi connectivity index (χ4n) is 2.12. The smallest absolute Gasteiger partial charge is 0.209 e. The summed E-state index contributed by atoms with van der Waals surface area (Å²) < 4.78 is 5.27. The van der Waals surface area contributed by atoms with Crippen LogP contribution in [0, 0.1) is 6.92 Å². The van der Waals surface area contributed by atoms with Gasteiger partial charge in [0.15, 0.2) is 0 Å². The minimum atomic E-state index is -0.266. The normalized spacial score (nSPS) is 11.2. The van der Waals surface area contributed by atoms with E-state index in [0.717, 1.165) is 28.0 Å². The molecule has 3 heteroatoms. The van der Waals surface area contributed by atoms with Gasteiger partial charge in [0.2, 0.25) is 5.12 Å². The molecule has 0 fully saturated rings. The average Bonchev–Trinajstić information content (AvgIpc) is 2.45. The van der Waals surface area contributed by atoms with Crippen LogP contribution in [0.3, 0.4) is 0 Å². The largest absolute Gasteiger partial charge is 0.496 e. The Bertz CT molecular complexity index is 645. The zero-order chi connectivity index (χ0) is 14.5. The average molecular weight is 284 g/mol. The summed E-state index contributed by atoms with van der Waals surface area (Å²) in [6, 6.07) is 15.7. The number of ether oxygens (including phenoxy) is 1. The first-order valence-corrected chi connectivity index (χ1v) is 6.71. The van der Waals surface area contributed by atoms with E-state index in [4.69, 9.17) is 4.74 Å². The van der Waals surface area contributed by atoms with Gasteiger partial charge in [0, 0.05) is 6.08 Å². The molecule has 20 heavy (non-hydrogen) atoms. The molecule has 0 radical (unpaired) electrons. The molecule has 0 aliphatic carbocycles. The maximum atomic E-state index is 11.4. The van der Waals surface area contributed by atoms with Gasteiger partial charge in [0.1, 0.15) is 5.75 Å². The molecule has 0 heterocycles. The SMILES string of the molecule is COc1ccc(/C(=C/C(=O)S)c2ccccc2)cc1C. The molecule has 2 aromatic rings. The van der Waals surface area contributed by atoms with Gasteiger partial charge in [0.05, 0.1) is 7.11 Å². The summed E-state index contributed by atoms with van der Waals surface area (Å²) in [5, 5.41) is -0.266. The topological polar surface area (TPSA) is 26.3 Å². The quantitative estimate of drug-likeness (QED) is 0.681. The van der Waals surface area contributed by atoms with Crippen molar-refractivity contribution in [2.45, 2.75) is 6.92 Å². The lowest BCUT2D eigenvalue weighted by Crippen LogP contribution is -1.94. The van der Waals surface area contributed by atoms with Crippen LogP contribution in [0.1, 0.15) is 16.7 Å². The van der Waals surface area contributed by atoms with E-state index in [0.29, 0.717) is 0 Å². The first-order chi connectivity index (χ1) is 9.61. The molecule has 2 aromatic carbocycles. The summed E-state index contributed by atoms with van der Waals surface area (Å²) >= 11 is 3.86. The van der Waals surface area contributed by atoms with E-state index in [1.54, 1.807) is 13.2 Å². The van der Waals surface area contributed by atoms with Crippen molar-refractivity contribution in [1.29, 1.82) is 0 Å². The number of benzene rings is 2. The minimum absolute atomic E-state index is 0.266. The maximum Gasteiger partial charge on any atom is 0.209 e. The van der Waals surface area contributed by atoms with Gasteiger partial charge in [-0.1, -0.05) is 36.4 Å². The highest BCUT2D eigenvalue weighted by molar-refractivity contribution is 7.97. The second-order valence-corrected chi connectivity index (χ2v) is 4.89. The van der Waals surface area contributed by atoms with E-state index in [2.05, 4.69) is 12.6 Å². The Hall–Kier alpha value is -2.00. The summed E-state index contributed by atoms with van der Waals surface area (Å²) in [5.41, 5.74) is 3.84. The highest BCUT2D eigenvalue weighted by Crippen LogP contribution is 2.28. The highest BCUT2D eigenvalue weighted by Gasteiger charge is 2.08. The molecule has 102 valence electrons. The second-order valence-electron chi connectivity index (χ2n) is 4.45. The molecule has 0 saturated carbocycles. The Morgan fingerprint density at radius 3 is 2.35 bits per heavy atom. The van der Waals surface area contributed by atoms with Gasteiger partial charge < -0.3 is 4.74 Å². The van der Waals surface area contributed by atoms with Crippen LogP contribution < -0.4 is 4.74 Å². The van der Waals surface area contributed by atoms with Crippen LogP contribution in [0.4, 0.5) is 0 Å². The Balaban J connectivity index is 2.53. The van der Waals surface area contributed by atoms with Crippen molar-refractivity contribution in [3.63, 3.8) is 0 Å². The van der Waals surface area contributed by atoms with Crippen molar-refractivity contribution in [3.05, 3.63) is 71.3 Å².